The van der Waals surface area contributed by atoms with Crippen molar-refractivity contribution in [1.29, 1.82) is 0 Å². The van der Waals surface area contributed by atoms with E-state index in [1.165, 1.54) is 18.3 Å². The number of anilines is 1. The average Bonchev–Trinajstić information content (AvgIpc) is 3.28. The number of carbonyl (C=O) groups is 2. The number of hydrogen-bond acceptors (Lipinski definition) is 7. The van der Waals surface area contributed by atoms with E-state index >= 15 is 0 Å². The summed E-state index contributed by atoms with van der Waals surface area (Å²) >= 11 is 13.1. The van der Waals surface area contributed by atoms with E-state index in [0.717, 1.165) is 22.2 Å². The number of amides is 2. The van der Waals surface area contributed by atoms with Crippen molar-refractivity contribution < 1.29 is 19.1 Å². The van der Waals surface area contributed by atoms with Gasteiger partial charge in [0.2, 0.25) is 18.6 Å². The highest BCUT2D eigenvalue weighted by Crippen LogP contribution is 2.35. The van der Waals surface area contributed by atoms with Crippen LogP contribution in [0.15, 0.2) is 46.6 Å². The fourth-order valence-corrected chi connectivity index (χ4v) is 4.11. The minimum atomic E-state index is -0.725. The molecule has 0 aromatic heterocycles. The Balaban J connectivity index is 1.43. The van der Waals surface area contributed by atoms with Crippen molar-refractivity contribution in [3.63, 3.8) is 0 Å². The third-order valence-corrected chi connectivity index (χ3v) is 5.81. The van der Waals surface area contributed by atoms with Crippen LogP contribution in [-0.2, 0) is 9.59 Å². The number of halogens is 2. The van der Waals surface area contributed by atoms with Crippen molar-refractivity contribution in [3.8, 4) is 11.5 Å². The van der Waals surface area contributed by atoms with Crippen LogP contribution in [0, 0.1) is 0 Å². The van der Waals surface area contributed by atoms with E-state index in [9.17, 15) is 9.59 Å². The zero-order chi connectivity index (χ0) is 21.3. The van der Waals surface area contributed by atoms with Crippen LogP contribution >= 0.6 is 35.0 Å². The predicted molar refractivity (Wildman–Crippen MR) is 117 cm³/mol. The van der Waals surface area contributed by atoms with Crippen LogP contribution in [-0.4, -0.2) is 35.2 Å². The largest absolute Gasteiger partial charge is 0.454 e. The lowest BCUT2D eigenvalue weighted by atomic mass is 10.2. The van der Waals surface area contributed by atoms with Gasteiger partial charge in [0.25, 0.3) is 0 Å². The van der Waals surface area contributed by atoms with Gasteiger partial charge < -0.3 is 15.2 Å². The number of nitrogens with two attached hydrogens (primary N) is 1. The topological polar surface area (TPSA) is 107 Å². The van der Waals surface area contributed by atoms with Crippen LogP contribution in [0.2, 0.25) is 10.0 Å². The number of fused-ring (bicyclic) bond motifs is 1. The first-order valence-electron chi connectivity index (χ1n) is 8.67. The van der Waals surface area contributed by atoms with Crippen LogP contribution in [0.4, 0.5) is 5.69 Å². The number of imide groups is 1. The van der Waals surface area contributed by atoms with Gasteiger partial charge >= 0.3 is 0 Å². The number of rotatable bonds is 4. The quantitative estimate of drug-likeness (QED) is 0.321. The average molecular weight is 465 g/mol. The van der Waals surface area contributed by atoms with Gasteiger partial charge in [-0.3, -0.25) is 9.59 Å². The normalized spacial score (nSPS) is 18.7. The molecule has 0 bridgehead atoms. The number of thioether (sulfide) groups is 1. The molecule has 0 spiro atoms. The number of nitrogens with zero attached hydrogens (tertiary/aromatic N) is 3. The van der Waals surface area contributed by atoms with E-state index < -0.39 is 17.1 Å². The van der Waals surface area contributed by atoms with Crippen LogP contribution in [0.1, 0.15) is 12.0 Å². The summed E-state index contributed by atoms with van der Waals surface area (Å²) in [6.07, 6.45) is 1.46. The predicted octanol–water partition coefficient (Wildman–Crippen LogP) is 3.44. The van der Waals surface area contributed by atoms with Gasteiger partial charge in [0.1, 0.15) is 5.25 Å². The van der Waals surface area contributed by atoms with Gasteiger partial charge in [-0.05, 0) is 42.0 Å². The zero-order valence-corrected chi connectivity index (χ0v) is 17.6. The molecule has 2 aliphatic heterocycles. The molecule has 1 atom stereocenters. The van der Waals surface area contributed by atoms with Crippen molar-refractivity contribution in [2.24, 2.45) is 15.9 Å². The summed E-state index contributed by atoms with van der Waals surface area (Å²) in [6, 6.07) is 9.90. The van der Waals surface area contributed by atoms with Crippen molar-refractivity contribution in [2.45, 2.75) is 11.7 Å². The summed E-state index contributed by atoms with van der Waals surface area (Å²) in [5.74, 6) is 0.463. The number of ether oxygens (including phenoxy) is 2. The molecule has 2 aliphatic rings. The Kier molecular flexibility index (Phi) is 5.85. The van der Waals surface area contributed by atoms with Crippen LogP contribution in [0.25, 0.3) is 0 Å². The van der Waals surface area contributed by atoms with Crippen molar-refractivity contribution in [2.75, 3.05) is 11.7 Å². The fourth-order valence-electron chi connectivity index (χ4n) is 2.92. The Hall–Kier alpha value is -2.75. The van der Waals surface area contributed by atoms with E-state index in [2.05, 4.69) is 10.2 Å². The minimum absolute atomic E-state index is 0.0333. The molecule has 1 fully saturated rings. The van der Waals surface area contributed by atoms with E-state index in [1.807, 2.05) is 0 Å². The SMILES string of the molecule is N/C(=N\N=C\c1ccc2c(c1)OCO2)SC1CC(=O)N(c2cc(Cl)ccc2Cl)C1=O. The van der Waals surface area contributed by atoms with E-state index in [0.29, 0.717) is 16.5 Å². The van der Waals surface area contributed by atoms with Crippen LogP contribution in [0.3, 0.4) is 0 Å². The molecule has 11 heteroatoms. The molecule has 2 amide bonds. The number of benzene rings is 2. The second-order valence-electron chi connectivity index (χ2n) is 6.27. The van der Waals surface area contributed by atoms with Gasteiger partial charge in [-0.1, -0.05) is 35.0 Å². The third-order valence-electron chi connectivity index (χ3n) is 4.28. The highest BCUT2D eigenvalue weighted by Gasteiger charge is 2.41. The minimum Gasteiger partial charge on any atom is -0.454 e. The maximum absolute atomic E-state index is 12.7. The molecule has 0 saturated carbocycles. The van der Waals surface area contributed by atoms with Crippen LogP contribution < -0.4 is 20.1 Å². The molecule has 8 nitrogen and oxygen atoms in total. The van der Waals surface area contributed by atoms with E-state index in [1.54, 1.807) is 24.3 Å². The van der Waals surface area contributed by atoms with Gasteiger partial charge in [-0.15, -0.1) is 5.10 Å². The lowest BCUT2D eigenvalue weighted by Crippen LogP contribution is -2.32. The molecule has 30 heavy (non-hydrogen) atoms. The highest BCUT2D eigenvalue weighted by atomic mass is 35.5. The lowest BCUT2D eigenvalue weighted by Gasteiger charge is -2.16. The van der Waals surface area contributed by atoms with Crippen molar-refractivity contribution in [1.82, 2.24) is 0 Å². The van der Waals surface area contributed by atoms with Crippen molar-refractivity contribution in [3.05, 3.63) is 52.0 Å². The van der Waals surface area contributed by atoms with Gasteiger partial charge in [-0.25, -0.2) is 4.90 Å². The van der Waals surface area contributed by atoms with Gasteiger partial charge in [0, 0.05) is 11.4 Å². The summed E-state index contributed by atoms with van der Waals surface area (Å²) in [5.41, 5.74) is 6.87. The van der Waals surface area contributed by atoms with Gasteiger partial charge in [0.05, 0.1) is 16.9 Å². The Labute approximate surface area is 185 Å². The molecule has 2 aromatic carbocycles. The molecule has 1 unspecified atom stereocenters. The molecular formula is C19H14Cl2N4O4S. The van der Waals surface area contributed by atoms with Gasteiger partial charge in [0.15, 0.2) is 16.7 Å². The monoisotopic (exact) mass is 464 g/mol. The molecule has 4 rings (SSSR count). The second-order valence-corrected chi connectivity index (χ2v) is 8.34. The van der Waals surface area contributed by atoms with Gasteiger partial charge in [-0.2, -0.15) is 5.10 Å². The molecule has 0 aliphatic carbocycles. The summed E-state index contributed by atoms with van der Waals surface area (Å²) < 4.78 is 10.5. The first-order chi connectivity index (χ1) is 14.4. The first kappa shape index (κ1) is 20.5. The Morgan fingerprint density at radius 3 is 2.80 bits per heavy atom. The molecule has 2 N–H and O–H groups in total. The standard InChI is InChI=1S/C19H14Cl2N4O4S/c20-11-2-3-12(21)13(6-11)25-17(26)7-16(18(25)27)30-19(22)24-23-8-10-1-4-14-15(5-10)29-9-28-14/h1-6,8,16H,7,9H2,(H2,22,24)/b23-8+. The Morgan fingerprint density at radius 2 is 1.97 bits per heavy atom. The Morgan fingerprint density at radius 1 is 1.17 bits per heavy atom. The smallest absolute Gasteiger partial charge is 0.247 e. The first-order valence-corrected chi connectivity index (χ1v) is 10.3. The summed E-state index contributed by atoms with van der Waals surface area (Å²) in [5, 5.41) is 7.76. The molecule has 154 valence electrons. The van der Waals surface area contributed by atoms with Crippen molar-refractivity contribution >= 4 is 63.8 Å². The molecule has 1 saturated heterocycles. The fraction of sp³-hybridized carbons (Fsp3) is 0.158. The molecule has 2 aromatic rings. The third kappa shape index (κ3) is 4.23. The molecule has 0 radical (unpaired) electrons. The maximum Gasteiger partial charge on any atom is 0.247 e. The van der Waals surface area contributed by atoms with E-state index in [4.69, 9.17) is 38.4 Å². The Bertz CT molecular complexity index is 1090. The summed E-state index contributed by atoms with van der Waals surface area (Å²) in [6.45, 7) is 0.184. The zero-order valence-electron chi connectivity index (χ0n) is 15.2. The number of carbonyl (C=O) groups excluding carboxylic acids is 2. The summed E-state index contributed by atoms with van der Waals surface area (Å²) in [4.78, 5) is 26.1. The number of hydrogen-bond donors (Lipinski definition) is 1. The molecule has 2 heterocycles. The number of amidine groups is 1. The lowest BCUT2D eigenvalue weighted by molar-refractivity contribution is -0.121. The maximum atomic E-state index is 12.7. The highest BCUT2D eigenvalue weighted by molar-refractivity contribution is 8.14. The van der Waals surface area contributed by atoms with Crippen LogP contribution in [0.5, 0.6) is 11.5 Å². The molecular weight excluding hydrogens is 451 g/mol. The summed E-state index contributed by atoms with van der Waals surface area (Å²) in [7, 11) is 0. The second kappa shape index (κ2) is 8.55. The van der Waals surface area contributed by atoms with E-state index in [-0.39, 0.29) is 29.1 Å².